The molecule has 0 fully saturated rings. The number of hydrogen-bond donors (Lipinski definition) is 0. The highest BCUT2D eigenvalue weighted by atomic mass is 28.3. The van der Waals surface area contributed by atoms with Crippen molar-refractivity contribution in [1.29, 1.82) is 0 Å². The molecule has 106 valence electrons. The van der Waals surface area contributed by atoms with Crippen LogP contribution in [0.4, 0.5) is 0 Å². The van der Waals surface area contributed by atoms with E-state index in [2.05, 4.69) is 94.5 Å². The van der Waals surface area contributed by atoms with Crippen molar-refractivity contribution in [3.05, 3.63) is 71.8 Å². The molecule has 0 aliphatic carbocycles. The van der Waals surface area contributed by atoms with Crippen LogP contribution in [-0.4, -0.2) is 8.07 Å². The predicted octanol–water partition coefficient (Wildman–Crippen LogP) is 5.87. The molecule has 0 aliphatic heterocycles. The molecule has 0 saturated heterocycles. The minimum absolute atomic E-state index is 0.364. The summed E-state index contributed by atoms with van der Waals surface area (Å²) >= 11 is 0. The molecule has 0 atom stereocenters. The third-order valence-corrected chi connectivity index (χ3v) is 10.9. The Balaban J connectivity index is 2.57. The minimum atomic E-state index is -1.52. The maximum absolute atomic E-state index is 2.53. The molecule has 0 aromatic heterocycles. The molecule has 0 nitrogen and oxygen atoms in total. The van der Waals surface area contributed by atoms with E-state index >= 15 is 0 Å². The summed E-state index contributed by atoms with van der Waals surface area (Å²) < 4.78 is 0. The average Bonchev–Trinajstić information content (AvgIpc) is 2.40. The van der Waals surface area contributed by atoms with Gasteiger partial charge in [0, 0.05) is 5.54 Å². The van der Waals surface area contributed by atoms with Crippen LogP contribution in [0.5, 0.6) is 0 Å². The largest absolute Gasteiger partial charge is 0.0682 e. The number of benzene rings is 2. The summed E-state index contributed by atoms with van der Waals surface area (Å²) in [6, 6.07) is 22.0. The lowest BCUT2D eigenvalue weighted by Gasteiger charge is -2.44. The summed E-state index contributed by atoms with van der Waals surface area (Å²) in [5.41, 5.74) is 3.47. The van der Waals surface area contributed by atoms with E-state index in [1.165, 1.54) is 11.1 Å². The van der Waals surface area contributed by atoms with E-state index in [-0.39, 0.29) is 0 Å². The molecule has 20 heavy (non-hydrogen) atoms. The van der Waals surface area contributed by atoms with Crippen LogP contribution >= 0.6 is 0 Å². The Morgan fingerprint density at radius 3 is 1.35 bits per heavy atom. The first-order valence-electron chi connectivity index (χ1n) is 7.44. The lowest BCUT2D eigenvalue weighted by Crippen LogP contribution is -2.44. The lowest BCUT2D eigenvalue weighted by atomic mass is 10.0. The van der Waals surface area contributed by atoms with E-state index in [4.69, 9.17) is 0 Å². The topological polar surface area (TPSA) is 0 Å². The van der Waals surface area contributed by atoms with Crippen LogP contribution in [0.25, 0.3) is 0 Å². The molecular weight excluding hydrogens is 256 g/mol. The summed E-state index contributed by atoms with van der Waals surface area (Å²) in [4.78, 5) is 0. The van der Waals surface area contributed by atoms with Crippen molar-refractivity contribution >= 4 is 8.07 Å². The van der Waals surface area contributed by atoms with Gasteiger partial charge in [-0.1, -0.05) is 94.5 Å². The predicted molar refractivity (Wildman–Crippen MR) is 91.9 cm³/mol. The van der Waals surface area contributed by atoms with Gasteiger partial charge in [0.15, 0.2) is 0 Å². The molecule has 0 aliphatic rings. The summed E-state index contributed by atoms with van der Waals surface area (Å²) in [5.74, 6) is 0. The van der Waals surface area contributed by atoms with E-state index in [1.807, 2.05) is 0 Å². The zero-order valence-electron chi connectivity index (χ0n) is 13.4. The first-order chi connectivity index (χ1) is 9.34. The Labute approximate surface area is 124 Å². The van der Waals surface area contributed by atoms with Crippen LogP contribution in [0.3, 0.4) is 0 Å². The van der Waals surface area contributed by atoms with Gasteiger partial charge in [-0.3, -0.25) is 0 Å². The summed E-state index contributed by atoms with van der Waals surface area (Å²) in [6.45, 7) is 12.3. The van der Waals surface area contributed by atoms with Crippen LogP contribution in [0.15, 0.2) is 60.7 Å². The molecule has 0 N–H and O–H groups in total. The van der Waals surface area contributed by atoms with Crippen molar-refractivity contribution in [2.75, 3.05) is 0 Å². The fourth-order valence-electron chi connectivity index (χ4n) is 2.75. The van der Waals surface area contributed by atoms with Gasteiger partial charge in [0.1, 0.15) is 0 Å². The van der Waals surface area contributed by atoms with E-state index in [0.29, 0.717) is 10.6 Å². The molecule has 0 radical (unpaired) electrons. The van der Waals surface area contributed by atoms with Crippen LogP contribution in [-0.2, 0) is 0 Å². The van der Waals surface area contributed by atoms with E-state index in [0.717, 1.165) is 0 Å². The summed E-state index contributed by atoms with van der Waals surface area (Å²) in [7, 11) is -1.52. The molecule has 0 heterocycles. The molecule has 2 aromatic rings. The van der Waals surface area contributed by atoms with Crippen LogP contribution in [0.2, 0.25) is 18.1 Å². The molecular formula is C19H26Si. The number of rotatable bonds is 3. The van der Waals surface area contributed by atoms with Gasteiger partial charge in [-0.05, 0) is 16.2 Å². The van der Waals surface area contributed by atoms with Gasteiger partial charge in [0.2, 0.25) is 0 Å². The van der Waals surface area contributed by atoms with E-state index < -0.39 is 8.07 Å². The third kappa shape index (κ3) is 2.88. The van der Waals surface area contributed by atoms with Gasteiger partial charge in [-0.15, -0.1) is 0 Å². The monoisotopic (exact) mass is 282 g/mol. The maximum Gasteiger partial charge on any atom is 0.0656 e. The molecule has 2 rings (SSSR count). The molecule has 0 amide bonds. The normalized spacial score (nSPS) is 12.7. The fraction of sp³-hybridized carbons (Fsp3) is 0.368. The Morgan fingerprint density at radius 1 is 0.700 bits per heavy atom. The second-order valence-electron chi connectivity index (χ2n) is 7.23. The Bertz CT molecular complexity index is 495. The molecule has 0 saturated carbocycles. The van der Waals surface area contributed by atoms with E-state index in [9.17, 15) is 0 Å². The minimum Gasteiger partial charge on any atom is -0.0682 e. The molecule has 2 aromatic carbocycles. The standard InChI is InChI=1S/C19H26Si/c1-19(2,3)20(4,5)18(16-12-8-6-9-13-16)17-14-10-7-11-15-17/h6-15,18H,1-5H3. The van der Waals surface area contributed by atoms with Crippen molar-refractivity contribution < 1.29 is 0 Å². The van der Waals surface area contributed by atoms with Gasteiger partial charge in [-0.25, -0.2) is 0 Å². The zero-order valence-corrected chi connectivity index (χ0v) is 14.4. The van der Waals surface area contributed by atoms with E-state index in [1.54, 1.807) is 0 Å². The van der Waals surface area contributed by atoms with Crippen molar-refractivity contribution in [2.45, 2.75) is 44.4 Å². The molecule has 0 unspecified atom stereocenters. The smallest absolute Gasteiger partial charge is 0.0656 e. The maximum atomic E-state index is 2.53. The van der Waals surface area contributed by atoms with Gasteiger partial charge in [-0.2, -0.15) is 0 Å². The van der Waals surface area contributed by atoms with Gasteiger partial charge >= 0.3 is 0 Å². The van der Waals surface area contributed by atoms with Crippen molar-refractivity contribution in [1.82, 2.24) is 0 Å². The SMILES string of the molecule is CC(C)(C)[Si](C)(C)C(c1ccccc1)c1ccccc1. The second kappa shape index (κ2) is 5.57. The van der Waals surface area contributed by atoms with Crippen molar-refractivity contribution in [3.63, 3.8) is 0 Å². The van der Waals surface area contributed by atoms with Crippen LogP contribution in [0.1, 0.15) is 37.4 Å². The van der Waals surface area contributed by atoms with Gasteiger partial charge in [0.25, 0.3) is 0 Å². The third-order valence-electron chi connectivity index (χ3n) is 4.92. The van der Waals surface area contributed by atoms with Gasteiger partial charge in [0.05, 0.1) is 8.07 Å². The Morgan fingerprint density at radius 2 is 1.05 bits per heavy atom. The van der Waals surface area contributed by atoms with Gasteiger partial charge < -0.3 is 0 Å². The first kappa shape index (κ1) is 15.1. The Hall–Kier alpha value is -1.34. The highest BCUT2D eigenvalue weighted by Gasteiger charge is 2.43. The fourth-order valence-corrected chi connectivity index (χ4v) is 5.67. The molecule has 0 bridgehead atoms. The van der Waals surface area contributed by atoms with Crippen molar-refractivity contribution in [3.8, 4) is 0 Å². The average molecular weight is 283 g/mol. The quantitative estimate of drug-likeness (QED) is 0.618. The summed E-state index contributed by atoms with van der Waals surface area (Å²) in [6.07, 6.45) is 0. The van der Waals surface area contributed by atoms with Crippen LogP contribution in [0, 0.1) is 0 Å². The second-order valence-corrected chi connectivity index (χ2v) is 12.7. The highest BCUT2D eigenvalue weighted by Crippen LogP contribution is 2.47. The van der Waals surface area contributed by atoms with Crippen LogP contribution < -0.4 is 0 Å². The Kier molecular flexibility index (Phi) is 4.19. The number of hydrogen-bond acceptors (Lipinski definition) is 0. The molecule has 0 spiro atoms. The first-order valence-corrected chi connectivity index (χ1v) is 10.5. The summed E-state index contributed by atoms with van der Waals surface area (Å²) in [5, 5.41) is 0.364. The highest BCUT2D eigenvalue weighted by molar-refractivity contribution is 6.82. The van der Waals surface area contributed by atoms with Crippen molar-refractivity contribution in [2.24, 2.45) is 0 Å². The lowest BCUT2D eigenvalue weighted by molar-refractivity contribution is 0.701. The molecule has 1 heteroatoms. The zero-order chi connectivity index (χ0) is 14.8.